The number of thiophene rings is 1. The maximum atomic E-state index is 12.6. The molecule has 136 valence electrons. The molecule has 0 atom stereocenters. The fourth-order valence-electron chi connectivity index (χ4n) is 3.07. The molecular weight excluding hydrogens is 354 g/mol. The molecule has 4 rings (SSSR count). The molecule has 5 heteroatoms. The van der Waals surface area contributed by atoms with Gasteiger partial charge in [-0.05, 0) is 44.0 Å². The second-order valence-corrected chi connectivity index (χ2v) is 7.68. The molecule has 0 aliphatic heterocycles. The van der Waals surface area contributed by atoms with Gasteiger partial charge in [0.2, 0.25) is 0 Å². The van der Waals surface area contributed by atoms with Gasteiger partial charge in [0.05, 0.1) is 16.3 Å². The van der Waals surface area contributed by atoms with Crippen molar-refractivity contribution < 1.29 is 4.79 Å². The predicted octanol–water partition coefficient (Wildman–Crippen LogP) is 4.68. The highest BCUT2D eigenvalue weighted by molar-refractivity contribution is 7.20. The molecule has 0 saturated carbocycles. The van der Waals surface area contributed by atoms with Crippen molar-refractivity contribution >= 4 is 27.5 Å². The van der Waals surface area contributed by atoms with Crippen molar-refractivity contribution in [1.82, 2.24) is 15.1 Å². The van der Waals surface area contributed by atoms with E-state index in [0.29, 0.717) is 6.54 Å². The smallest absolute Gasteiger partial charge is 0.261 e. The van der Waals surface area contributed by atoms with Crippen LogP contribution in [0.25, 0.3) is 15.9 Å². The van der Waals surface area contributed by atoms with Gasteiger partial charge in [0.25, 0.3) is 5.91 Å². The number of amides is 1. The van der Waals surface area contributed by atoms with Crippen LogP contribution in [0.1, 0.15) is 26.5 Å². The zero-order chi connectivity index (χ0) is 18.8. The third kappa shape index (κ3) is 3.64. The van der Waals surface area contributed by atoms with E-state index in [4.69, 9.17) is 0 Å². The molecule has 0 fully saturated rings. The Kier molecular flexibility index (Phi) is 4.77. The number of para-hydroxylation sites is 1. The summed E-state index contributed by atoms with van der Waals surface area (Å²) >= 11 is 1.48. The van der Waals surface area contributed by atoms with Crippen molar-refractivity contribution in [3.05, 3.63) is 82.4 Å². The molecule has 0 bridgehead atoms. The first-order valence-corrected chi connectivity index (χ1v) is 9.82. The van der Waals surface area contributed by atoms with Gasteiger partial charge >= 0.3 is 0 Å². The Morgan fingerprint density at radius 1 is 1.07 bits per heavy atom. The molecule has 2 aromatic heterocycles. The largest absolute Gasteiger partial charge is 0.351 e. The number of nitrogens with one attached hydrogen (secondary N) is 1. The number of carbonyl (C=O) groups excluding carboxylic acids is 1. The van der Waals surface area contributed by atoms with E-state index >= 15 is 0 Å². The third-order valence-electron chi connectivity index (χ3n) is 4.59. The van der Waals surface area contributed by atoms with Crippen molar-refractivity contribution in [1.29, 1.82) is 0 Å². The molecule has 2 aromatic carbocycles. The SMILES string of the molecule is Cc1ccc(CCNC(=O)c2cc3c(C)nn(-c4ccccc4)c3s2)cc1. The van der Waals surface area contributed by atoms with Crippen LogP contribution in [0.15, 0.2) is 60.7 Å². The first-order valence-electron chi connectivity index (χ1n) is 9.00. The topological polar surface area (TPSA) is 46.9 Å². The van der Waals surface area contributed by atoms with Crippen molar-refractivity contribution in [2.45, 2.75) is 20.3 Å². The van der Waals surface area contributed by atoms with E-state index in [2.05, 4.69) is 41.6 Å². The molecule has 0 radical (unpaired) electrons. The minimum absolute atomic E-state index is 0.0256. The van der Waals surface area contributed by atoms with E-state index in [9.17, 15) is 4.79 Å². The molecule has 0 unspecified atom stereocenters. The Morgan fingerprint density at radius 3 is 2.56 bits per heavy atom. The Labute approximate surface area is 162 Å². The van der Waals surface area contributed by atoms with E-state index in [-0.39, 0.29) is 5.91 Å². The lowest BCUT2D eigenvalue weighted by Crippen LogP contribution is -2.24. The molecule has 4 aromatic rings. The number of rotatable bonds is 5. The van der Waals surface area contributed by atoms with Gasteiger partial charge in [-0.2, -0.15) is 5.10 Å². The first kappa shape index (κ1) is 17.5. The normalized spacial score (nSPS) is 11.0. The number of benzene rings is 2. The van der Waals surface area contributed by atoms with Crippen LogP contribution in [0, 0.1) is 13.8 Å². The van der Waals surface area contributed by atoms with Gasteiger partial charge in [-0.25, -0.2) is 4.68 Å². The van der Waals surface area contributed by atoms with E-state index < -0.39 is 0 Å². The molecular formula is C22H21N3OS. The third-order valence-corrected chi connectivity index (χ3v) is 5.70. The zero-order valence-electron chi connectivity index (χ0n) is 15.4. The van der Waals surface area contributed by atoms with Gasteiger partial charge in [0, 0.05) is 11.9 Å². The van der Waals surface area contributed by atoms with E-state index in [1.165, 1.54) is 22.5 Å². The second kappa shape index (κ2) is 7.37. The average molecular weight is 375 g/mol. The summed E-state index contributed by atoms with van der Waals surface area (Å²) < 4.78 is 1.92. The maximum absolute atomic E-state index is 12.6. The Morgan fingerprint density at radius 2 is 1.81 bits per heavy atom. The highest BCUT2D eigenvalue weighted by atomic mass is 32.1. The monoisotopic (exact) mass is 375 g/mol. The Balaban J connectivity index is 1.50. The van der Waals surface area contributed by atoms with Crippen molar-refractivity contribution in [3.8, 4) is 5.69 Å². The standard InChI is InChI=1S/C22H21N3OS/c1-15-8-10-17(11-9-15)12-13-23-21(26)20-14-19-16(2)24-25(22(19)27-20)18-6-4-3-5-7-18/h3-11,14H,12-13H2,1-2H3,(H,23,26). The number of hydrogen-bond donors (Lipinski definition) is 1. The zero-order valence-corrected chi connectivity index (χ0v) is 16.2. The number of aromatic nitrogens is 2. The van der Waals surface area contributed by atoms with E-state index in [1.54, 1.807) is 0 Å². The van der Waals surface area contributed by atoms with Crippen molar-refractivity contribution in [2.75, 3.05) is 6.54 Å². The molecule has 0 aliphatic rings. The number of nitrogens with zero attached hydrogens (tertiary/aromatic N) is 2. The molecule has 1 amide bonds. The van der Waals surface area contributed by atoms with Crippen LogP contribution >= 0.6 is 11.3 Å². The van der Waals surface area contributed by atoms with Gasteiger partial charge in [-0.15, -0.1) is 11.3 Å². The molecule has 1 N–H and O–H groups in total. The Hall–Kier alpha value is -2.92. The van der Waals surface area contributed by atoms with Crippen LogP contribution in [0.4, 0.5) is 0 Å². The fraction of sp³-hybridized carbons (Fsp3) is 0.182. The van der Waals surface area contributed by atoms with Gasteiger partial charge in [-0.3, -0.25) is 4.79 Å². The Bertz CT molecular complexity index is 1080. The summed E-state index contributed by atoms with van der Waals surface area (Å²) in [6, 6.07) is 20.4. The lowest BCUT2D eigenvalue weighted by atomic mass is 10.1. The van der Waals surface area contributed by atoms with Gasteiger partial charge in [0.15, 0.2) is 0 Å². The average Bonchev–Trinajstić information content (AvgIpc) is 3.25. The summed E-state index contributed by atoms with van der Waals surface area (Å²) in [5.74, 6) is -0.0256. The molecule has 2 heterocycles. The van der Waals surface area contributed by atoms with E-state index in [0.717, 1.165) is 32.9 Å². The molecule has 0 spiro atoms. The summed E-state index contributed by atoms with van der Waals surface area (Å²) in [5.41, 5.74) is 4.41. The minimum Gasteiger partial charge on any atom is -0.351 e. The second-order valence-electron chi connectivity index (χ2n) is 6.65. The molecule has 4 nitrogen and oxygen atoms in total. The lowest BCUT2D eigenvalue weighted by Gasteiger charge is -2.04. The maximum Gasteiger partial charge on any atom is 0.261 e. The van der Waals surface area contributed by atoms with Crippen LogP contribution in [-0.4, -0.2) is 22.2 Å². The van der Waals surface area contributed by atoms with Gasteiger partial charge < -0.3 is 5.32 Å². The van der Waals surface area contributed by atoms with Crippen LogP contribution in [0.5, 0.6) is 0 Å². The lowest BCUT2D eigenvalue weighted by molar-refractivity contribution is 0.0958. The highest BCUT2D eigenvalue weighted by Gasteiger charge is 2.16. The van der Waals surface area contributed by atoms with Gasteiger partial charge in [-0.1, -0.05) is 48.0 Å². The predicted molar refractivity (Wildman–Crippen MR) is 111 cm³/mol. The fourth-order valence-corrected chi connectivity index (χ4v) is 4.16. The summed E-state index contributed by atoms with van der Waals surface area (Å²) in [6.45, 7) is 4.68. The van der Waals surface area contributed by atoms with Crippen molar-refractivity contribution in [2.24, 2.45) is 0 Å². The van der Waals surface area contributed by atoms with Crippen LogP contribution < -0.4 is 5.32 Å². The van der Waals surface area contributed by atoms with Crippen LogP contribution in [0.3, 0.4) is 0 Å². The number of carbonyl (C=O) groups is 1. The molecule has 0 aliphatic carbocycles. The van der Waals surface area contributed by atoms with Gasteiger partial charge in [0.1, 0.15) is 4.83 Å². The number of fused-ring (bicyclic) bond motifs is 1. The van der Waals surface area contributed by atoms with Crippen LogP contribution in [0.2, 0.25) is 0 Å². The minimum atomic E-state index is -0.0256. The summed E-state index contributed by atoms with van der Waals surface area (Å²) in [4.78, 5) is 14.3. The quantitative estimate of drug-likeness (QED) is 0.551. The number of aryl methyl sites for hydroxylation is 2. The first-order chi connectivity index (χ1) is 13.1. The molecule has 0 saturated heterocycles. The molecule has 27 heavy (non-hydrogen) atoms. The van der Waals surface area contributed by atoms with Crippen molar-refractivity contribution in [3.63, 3.8) is 0 Å². The summed E-state index contributed by atoms with van der Waals surface area (Å²) in [5, 5.41) is 8.69. The number of hydrogen-bond acceptors (Lipinski definition) is 3. The summed E-state index contributed by atoms with van der Waals surface area (Å²) in [7, 11) is 0. The highest BCUT2D eigenvalue weighted by Crippen LogP contribution is 2.30. The van der Waals surface area contributed by atoms with Crippen LogP contribution in [-0.2, 0) is 6.42 Å². The van der Waals surface area contributed by atoms with E-state index in [1.807, 2.05) is 48.0 Å². The summed E-state index contributed by atoms with van der Waals surface area (Å²) in [6.07, 6.45) is 0.827.